The highest BCUT2D eigenvalue weighted by Crippen LogP contribution is 2.66. The molecular weight excluding hydrogens is 318 g/mol. The molecule has 0 radical (unpaired) electrons. The van der Waals surface area contributed by atoms with Crippen molar-refractivity contribution in [3.63, 3.8) is 0 Å². The van der Waals surface area contributed by atoms with Crippen LogP contribution < -0.4 is 0 Å². The molecule has 0 N–H and O–H groups in total. The maximum absolute atomic E-state index is 12.7. The van der Waals surface area contributed by atoms with E-state index in [9.17, 15) is 18.4 Å². The summed E-state index contributed by atoms with van der Waals surface area (Å²) in [5.74, 6) is -4.58. The molecule has 0 saturated heterocycles. The molecule has 0 aliphatic heterocycles. The number of halogens is 2. The number of hydrogen-bond donors (Lipinski definition) is 0. The van der Waals surface area contributed by atoms with Gasteiger partial charge in [-0.3, -0.25) is 0 Å². The van der Waals surface area contributed by atoms with Crippen molar-refractivity contribution in [2.24, 2.45) is 22.7 Å². The van der Waals surface area contributed by atoms with Crippen molar-refractivity contribution < 1.29 is 27.8 Å². The molecule has 4 nitrogen and oxygen atoms in total. The normalized spacial score (nSPS) is 37.3. The smallest absolute Gasteiger partial charge is 0.377 e. The maximum atomic E-state index is 12.7. The Morgan fingerprint density at radius 3 is 2.21 bits per heavy atom. The maximum Gasteiger partial charge on any atom is 0.377 e. The summed E-state index contributed by atoms with van der Waals surface area (Å²) >= 11 is 0. The van der Waals surface area contributed by atoms with Crippen LogP contribution in [0.15, 0.2) is 0 Å². The van der Waals surface area contributed by atoms with Gasteiger partial charge in [-0.2, -0.15) is 8.78 Å². The average molecular weight is 344 g/mol. The molecule has 4 saturated carbocycles. The molecule has 0 heterocycles. The highest BCUT2D eigenvalue weighted by atomic mass is 19.3. The number of carbonyl (C=O) groups is 2. The Morgan fingerprint density at radius 2 is 1.67 bits per heavy atom. The lowest BCUT2D eigenvalue weighted by atomic mass is 9.44. The van der Waals surface area contributed by atoms with Crippen molar-refractivity contribution in [3.05, 3.63) is 0 Å². The van der Waals surface area contributed by atoms with Crippen LogP contribution in [0.1, 0.15) is 58.8 Å². The van der Waals surface area contributed by atoms with Crippen molar-refractivity contribution in [2.45, 2.75) is 64.7 Å². The molecule has 0 aromatic carbocycles. The van der Waals surface area contributed by atoms with E-state index in [0.29, 0.717) is 18.9 Å². The molecule has 4 rings (SSSR count). The second kappa shape index (κ2) is 5.95. The predicted octanol–water partition coefficient (Wildman–Crippen LogP) is 3.72. The van der Waals surface area contributed by atoms with Gasteiger partial charge < -0.3 is 9.47 Å². The van der Waals surface area contributed by atoms with E-state index in [2.05, 4.69) is 11.7 Å². The van der Waals surface area contributed by atoms with Crippen LogP contribution in [0, 0.1) is 22.7 Å². The molecule has 4 aliphatic carbocycles. The topological polar surface area (TPSA) is 52.6 Å². The number of ether oxygens (including phenoxy) is 2. The summed E-state index contributed by atoms with van der Waals surface area (Å²) in [5.41, 5.74) is 0.432. The molecule has 2 unspecified atom stereocenters. The van der Waals surface area contributed by atoms with Gasteiger partial charge in [0.25, 0.3) is 0 Å². The third-order valence-electron chi connectivity index (χ3n) is 6.27. The fourth-order valence-electron chi connectivity index (χ4n) is 5.76. The Morgan fingerprint density at radius 1 is 1.08 bits per heavy atom. The molecule has 0 aromatic rings. The van der Waals surface area contributed by atoms with Gasteiger partial charge in [0.05, 0.1) is 6.61 Å². The van der Waals surface area contributed by atoms with Crippen molar-refractivity contribution >= 4 is 11.9 Å². The van der Waals surface area contributed by atoms with Crippen LogP contribution in [-0.4, -0.2) is 31.1 Å². The number of carbonyl (C=O) groups excluding carboxylic acids is 2. The summed E-state index contributed by atoms with van der Waals surface area (Å²) in [6.07, 6.45) is 8.30. The Kier molecular flexibility index (Phi) is 4.37. The third-order valence-corrected chi connectivity index (χ3v) is 6.27. The van der Waals surface area contributed by atoms with Crippen LogP contribution in [0.5, 0.6) is 0 Å². The highest BCUT2D eigenvalue weighted by molar-refractivity contribution is 5.80. The van der Waals surface area contributed by atoms with E-state index in [4.69, 9.17) is 4.74 Å². The lowest BCUT2D eigenvalue weighted by Crippen LogP contribution is -2.53. The summed E-state index contributed by atoms with van der Waals surface area (Å²) in [4.78, 5) is 22.8. The lowest BCUT2D eigenvalue weighted by molar-refractivity contribution is -0.180. The van der Waals surface area contributed by atoms with E-state index in [1.807, 2.05) is 0 Å². The van der Waals surface area contributed by atoms with Crippen LogP contribution in [0.2, 0.25) is 0 Å². The first-order chi connectivity index (χ1) is 11.2. The van der Waals surface area contributed by atoms with E-state index in [1.54, 1.807) is 0 Å². The van der Waals surface area contributed by atoms with E-state index in [0.717, 1.165) is 31.1 Å². The van der Waals surface area contributed by atoms with Crippen LogP contribution in [-0.2, 0) is 19.1 Å². The zero-order chi connectivity index (χ0) is 17.6. The van der Waals surface area contributed by atoms with Crippen LogP contribution in [0.3, 0.4) is 0 Å². The lowest BCUT2D eigenvalue weighted by Gasteiger charge is -2.62. The standard InChI is InChI=1S/C18H26F2O4/c1-3-17-5-12-4-13(6-17)8-18(7-12,10-17)11-24-14(21)9-23-15(22)16(2,19)20/h12-13H,3-11H2,1-2H3. The molecule has 0 amide bonds. The summed E-state index contributed by atoms with van der Waals surface area (Å²) in [6, 6.07) is 0. The fourth-order valence-corrected chi connectivity index (χ4v) is 5.76. The highest BCUT2D eigenvalue weighted by Gasteiger charge is 2.57. The number of hydrogen-bond acceptors (Lipinski definition) is 4. The van der Waals surface area contributed by atoms with Gasteiger partial charge in [0.2, 0.25) is 0 Å². The van der Waals surface area contributed by atoms with Crippen molar-refractivity contribution in [1.29, 1.82) is 0 Å². The quantitative estimate of drug-likeness (QED) is 0.689. The van der Waals surface area contributed by atoms with Gasteiger partial charge in [-0.05, 0) is 55.8 Å². The first-order valence-corrected chi connectivity index (χ1v) is 8.86. The Labute approximate surface area is 141 Å². The van der Waals surface area contributed by atoms with E-state index in [1.165, 1.54) is 25.7 Å². The molecular formula is C18H26F2O4. The second-order valence-electron chi connectivity index (χ2n) is 8.44. The third kappa shape index (κ3) is 3.42. The van der Waals surface area contributed by atoms with Gasteiger partial charge in [0, 0.05) is 12.3 Å². The SMILES string of the molecule is CCC12CC3CC(C1)CC(COC(=O)COC(=O)C(C)(F)F)(C3)C2. The minimum Gasteiger partial charge on any atom is -0.463 e. The number of rotatable bonds is 6. The van der Waals surface area contributed by atoms with Gasteiger partial charge >= 0.3 is 17.9 Å². The van der Waals surface area contributed by atoms with E-state index < -0.39 is 24.5 Å². The van der Waals surface area contributed by atoms with E-state index >= 15 is 0 Å². The average Bonchev–Trinajstić information content (AvgIpc) is 2.48. The summed E-state index contributed by atoms with van der Waals surface area (Å²) in [6.45, 7) is 2.27. The molecule has 0 spiro atoms. The first kappa shape index (κ1) is 17.6. The summed E-state index contributed by atoms with van der Waals surface area (Å²) in [5, 5.41) is 0. The predicted molar refractivity (Wildman–Crippen MR) is 82.4 cm³/mol. The van der Waals surface area contributed by atoms with Crippen molar-refractivity contribution in [2.75, 3.05) is 13.2 Å². The minimum atomic E-state index is -3.59. The van der Waals surface area contributed by atoms with Gasteiger partial charge in [-0.1, -0.05) is 13.3 Å². The van der Waals surface area contributed by atoms with Crippen LogP contribution >= 0.6 is 0 Å². The molecule has 24 heavy (non-hydrogen) atoms. The van der Waals surface area contributed by atoms with Crippen LogP contribution in [0.4, 0.5) is 8.78 Å². The monoisotopic (exact) mass is 344 g/mol. The van der Waals surface area contributed by atoms with Gasteiger partial charge in [-0.15, -0.1) is 0 Å². The molecule has 136 valence electrons. The fraction of sp³-hybridized carbons (Fsp3) is 0.889. The zero-order valence-corrected chi connectivity index (χ0v) is 14.4. The molecule has 2 atom stereocenters. The first-order valence-electron chi connectivity index (χ1n) is 8.86. The van der Waals surface area contributed by atoms with Crippen LogP contribution in [0.25, 0.3) is 0 Å². The van der Waals surface area contributed by atoms with Gasteiger partial charge in [-0.25, -0.2) is 9.59 Å². The molecule has 6 heteroatoms. The second-order valence-corrected chi connectivity index (χ2v) is 8.44. The van der Waals surface area contributed by atoms with Gasteiger partial charge in [0.15, 0.2) is 6.61 Å². The molecule has 4 fully saturated rings. The molecule has 4 bridgehead atoms. The van der Waals surface area contributed by atoms with Gasteiger partial charge in [0.1, 0.15) is 0 Å². The largest absolute Gasteiger partial charge is 0.463 e. The summed E-state index contributed by atoms with van der Waals surface area (Å²) < 4.78 is 35.1. The Balaban J connectivity index is 1.53. The Hall–Kier alpha value is -1.20. The zero-order valence-electron chi connectivity index (χ0n) is 14.4. The molecule has 0 aromatic heterocycles. The van der Waals surface area contributed by atoms with Crippen molar-refractivity contribution in [3.8, 4) is 0 Å². The number of alkyl halides is 2. The van der Waals surface area contributed by atoms with E-state index in [-0.39, 0.29) is 5.41 Å². The minimum absolute atomic E-state index is 0.0362. The molecule has 4 aliphatic rings. The number of esters is 2. The van der Waals surface area contributed by atoms with Crippen molar-refractivity contribution in [1.82, 2.24) is 0 Å². The Bertz CT molecular complexity index is 512. The summed E-state index contributed by atoms with van der Waals surface area (Å²) in [7, 11) is 0.